The van der Waals surface area contributed by atoms with Gasteiger partial charge in [-0.2, -0.15) is 0 Å². The van der Waals surface area contributed by atoms with E-state index in [1.807, 2.05) is 21.1 Å². The first-order chi connectivity index (χ1) is 37.0. The minimum atomic E-state index is -4.40. The molecule has 0 aliphatic carbocycles. The Kier molecular flexibility index (Phi) is 53.1. The molecule has 0 aliphatic heterocycles. The highest BCUT2D eigenvalue weighted by atomic mass is 31.2. The van der Waals surface area contributed by atoms with E-state index in [4.69, 9.17) is 18.5 Å². The molecule has 0 aliphatic rings. The van der Waals surface area contributed by atoms with E-state index >= 15 is 0 Å². The predicted molar refractivity (Wildman–Crippen MR) is 325 cm³/mol. The van der Waals surface area contributed by atoms with E-state index in [9.17, 15) is 19.0 Å². The summed E-state index contributed by atoms with van der Waals surface area (Å²) in [7, 11) is 1.45. The number of esters is 2. The van der Waals surface area contributed by atoms with Gasteiger partial charge >= 0.3 is 19.8 Å². The normalized spacial score (nSPS) is 14.2. The van der Waals surface area contributed by atoms with Crippen LogP contribution in [0.25, 0.3) is 0 Å². The lowest BCUT2D eigenvalue weighted by atomic mass is 10.0. The Hall–Kier alpha value is -3.85. The highest BCUT2D eigenvalue weighted by Crippen LogP contribution is 2.43. The molecule has 1 N–H and O–H groups in total. The maximum Gasteiger partial charge on any atom is 0.472 e. The average Bonchev–Trinajstić information content (AvgIpc) is 3.38. The molecule has 0 amide bonds. The van der Waals surface area contributed by atoms with E-state index in [0.717, 1.165) is 116 Å². The largest absolute Gasteiger partial charge is 0.472 e. The van der Waals surface area contributed by atoms with E-state index in [1.54, 1.807) is 0 Å². The van der Waals surface area contributed by atoms with Crippen molar-refractivity contribution in [3.63, 3.8) is 0 Å². The fourth-order valence-corrected chi connectivity index (χ4v) is 8.37. The Morgan fingerprint density at radius 3 is 1.05 bits per heavy atom. The van der Waals surface area contributed by atoms with E-state index in [2.05, 4.69) is 148 Å². The minimum Gasteiger partial charge on any atom is -0.462 e. The van der Waals surface area contributed by atoms with Crippen molar-refractivity contribution in [3.8, 4) is 0 Å². The molecule has 0 aromatic carbocycles. The first-order valence-electron chi connectivity index (χ1n) is 29.9. The number of phosphoric ester groups is 1. The van der Waals surface area contributed by atoms with Crippen LogP contribution in [0.4, 0.5) is 0 Å². The molecule has 2 atom stereocenters. The van der Waals surface area contributed by atoms with Crippen molar-refractivity contribution in [2.75, 3.05) is 47.5 Å². The highest BCUT2D eigenvalue weighted by Gasteiger charge is 2.27. The monoisotopic (exact) mass is 1080 g/mol. The van der Waals surface area contributed by atoms with Crippen LogP contribution in [0.1, 0.15) is 219 Å². The van der Waals surface area contributed by atoms with E-state index < -0.39 is 32.5 Å². The predicted octanol–water partition coefficient (Wildman–Crippen LogP) is 18.9. The smallest absolute Gasteiger partial charge is 0.462 e. The maximum atomic E-state index is 12.8. The lowest BCUT2D eigenvalue weighted by Gasteiger charge is -2.24. The van der Waals surface area contributed by atoms with Crippen LogP contribution in [0, 0.1) is 0 Å². The summed E-state index contributed by atoms with van der Waals surface area (Å²) >= 11 is 0. The average molecular weight is 1080 g/mol. The number of carbonyl (C=O) groups excluding carboxylic acids is 2. The summed E-state index contributed by atoms with van der Waals surface area (Å²) in [5.41, 5.74) is 0. The molecule has 432 valence electrons. The Morgan fingerprint density at radius 2 is 0.711 bits per heavy atom. The molecule has 76 heavy (non-hydrogen) atoms. The van der Waals surface area contributed by atoms with Crippen LogP contribution in [0.15, 0.2) is 134 Å². The number of ether oxygens (including phenoxy) is 2. The van der Waals surface area contributed by atoms with Crippen molar-refractivity contribution in [1.29, 1.82) is 0 Å². The van der Waals surface area contributed by atoms with Gasteiger partial charge in [0, 0.05) is 12.8 Å². The number of unbranched alkanes of at least 4 members (excludes halogenated alkanes) is 17. The number of hydrogen-bond donors (Lipinski definition) is 1. The molecule has 10 heteroatoms. The van der Waals surface area contributed by atoms with Gasteiger partial charge in [0.25, 0.3) is 0 Å². The van der Waals surface area contributed by atoms with Crippen molar-refractivity contribution < 1.29 is 42.1 Å². The van der Waals surface area contributed by atoms with Gasteiger partial charge in [0.1, 0.15) is 19.8 Å². The van der Waals surface area contributed by atoms with Crippen molar-refractivity contribution in [2.24, 2.45) is 0 Å². The zero-order valence-corrected chi connectivity index (χ0v) is 49.8. The van der Waals surface area contributed by atoms with Crippen LogP contribution in [-0.4, -0.2) is 74.9 Å². The molecule has 0 rings (SSSR count). The number of allylic oxidation sites excluding steroid dienone is 22. The molecule has 9 nitrogen and oxygen atoms in total. The molecular formula is C66H111NO8P+. The maximum absolute atomic E-state index is 12.8. The molecule has 0 aromatic heterocycles. The Balaban J connectivity index is 4.13. The van der Waals surface area contributed by atoms with Crippen LogP contribution in [-0.2, 0) is 32.7 Å². The zero-order chi connectivity index (χ0) is 55.6. The number of phosphoric acid groups is 1. The quantitative estimate of drug-likeness (QED) is 0.0211. The van der Waals surface area contributed by atoms with Gasteiger partial charge in [-0.25, -0.2) is 4.57 Å². The summed E-state index contributed by atoms with van der Waals surface area (Å²) in [5, 5.41) is 0. The third kappa shape index (κ3) is 59.4. The Labute approximate surface area is 466 Å². The minimum absolute atomic E-state index is 0.0208. The van der Waals surface area contributed by atoms with Crippen molar-refractivity contribution >= 4 is 19.8 Å². The van der Waals surface area contributed by atoms with Crippen LogP contribution in [0.2, 0.25) is 0 Å². The number of quaternary nitrogens is 1. The molecule has 0 aromatic rings. The van der Waals surface area contributed by atoms with Gasteiger partial charge in [-0.05, 0) is 109 Å². The first-order valence-corrected chi connectivity index (χ1v) is 31.4. The molecule has 0 saturated carbocycles. The van der Waals surface area contributed by atoms with Crippen LogP contribution < -0.4 is 0 Å². The fourth-order valence-electron chi connectivity index (χ4n) is 7.63. The van der Waals surface area contributed by atoms with E-state index in [1.165, 1.54) is 64.2 Å². The van der Waals surface area contributed by atoms with Crippen molar-refractivity contribution in [2.45, 2.75) is 225 Å². The second-order valence-electron chi connectivity index (χ2n) is 20.6. The molecular weight excluding hydrogens is 966 g/mol. The SMILES string of the molecule is CC/C=C\C/C=C\C/C=C\C/C=C\C/C=C\C/C=C\C/C=C\CCCCCCCCCCCCCCCC(=O)OC(COC(=O)CCCCCC/C=C\C/C=C\C/C=C\C/C=C\CC)COP(=O)(O)OCC[N+](C)(C)C. The van der Waals surface area contributed by atoms with Gasteiger partial charge in [0.2, 0.25) is 0 Å². The summed E-state index contributed by atoms with van der Waals surface area (Å²) in [6.07, 6.45) is 81.0. The van der Waals surface area contributed by atoms with Crippen molar-refractivity contribution in [1.82, 2.24) is 0 Å². The van der Waals surface area contributed by atoms with E-state index in [-0.39, 0.29) is 26.1 Å². The zero-order valence-electron chi connectivity index (χ0n) is 48.9. The van der Waals surface area contributed by atoms with Gasteiger partial charge in [-0.15, -0.1) is 0 Å². The van der Waals surface area contributed by atoms with Crippen molar-refractivity contribution in [3.05, 3.63) is 134 Å². The second-order valence-corrected chi connectivity index (χ2v) is 22.1. The van der Waals surface area contributed by atoms with Gasteiger partial charge < -0.3 is 18.9 Å². The molecule has 0 radical (unpaired) electrons. The summed E-state index contributed by atoms with van der Waals surface area (Å²) in [6, 6.07) is 0. The van der Waals surface area contributed by atoms with E-state index in [0.29, 0.717) is 23.9 Å². The first kappa shape index (κ1) is 72.2. The number of likely N-dealkylation sites (N-methyl/N-ethyl adjacent to an activating group) is 1. The number of rotatable bonds is 53. The summed E-state index contributed by atoms with van der Waals surface area (Å²) in [5.74, 6) is -0.834. The molecule has 0 spiro atoms. The second kappa shape index (κ2) is 55.9. The van der Waals surface area contributed by atoms with Gasteiger partial charge in [0.05, 0.1) is 27.7 Å². The van der Waals surface area contributed by atoms with Crippen LogP contribution in [0.3, 0.4) is 0 Å². The Morgan fingerprint density at radius 1 is 0.408 bits per heavy atom. The van der Waals surface area contributed by atoms with Gasteiger partial charge in [-0.1, -0.05) is 231 Å². The topological polar surface area (TPSA) is 108 Å². The molecule has 2 unspecified atom stereocenters. The summed E-state index contributed by atoms with van der Waals surface area (Å²) in [6.45, 7) is 4.16. The summed E-state index contributed by atoms with van der Waals surface area (Å²) < 4.78 is 34.5. The third-order valence-electron chi connectivity index (χ3n) is 12.2. The molecule has 0 saturated heterocycles. The summed E-state index contributed by atoms with van der Waals surface area (Å²) in [4.78, 5) is 35.7. The highest BCUT2D eigenvalue weighted by molar-refractivity contribution is 7.47. The fraction of sp³-hybridized carbons (Fsp3) is 0.636. The standard InChI is InChI=1S/C66H110NO8P/c1-6-8-10-12-14-16-18-20-22-24-25-26-27-28-29-30-31-32-33-34-35-36-37-38-39-40-41-43-45-47-49-51-53-55-57-59-66(69)75-64(63-74-76(70,71)73-61-60-67(3,4)5)62-72-65(68)58-56-54-52-50-48-46-44-42-23-21-19-17-15-13-11-9-7-2/h8-11,14-17,20-23,25-26,28-29,31-32,34-35,44,46,64H,6-7,12-13,18-19,24,27,30,33,36-43,45,47-63H2,1-5H3/p+1/b10-8-,11-9-,16-14-,17-15-,22-20-,23-21-,26-25-,29-28-,32-31-,35-34-,46-44-. The molecule has 0 fully saturated rings. The third-order valence-corrected chi connectivity index (χ3v) is 13.2. The Bertz CT molecular complexity index is 1740. The lowest BCUT2D eigenvalue weighted by molar-refractivity contribution is -0.870. The molecule has 0 bridgehead atoms. The van der Waals surface area contributed by atoms with Crippen LogP contribution >= 0.6 is 7.82 Å². The van der Waals surface area contributed by atoms with Gasteiger partial charge in [0.15, 0.2) is 6.10 Å². The lowest BCUT2D eigenvalue weighted by Crippen LogP contribution is -2.37. The van der Waals surface area contributed by atoms with Gasteiger partial charge in [-0.3, -0.25) is 18.6 Å². The molecule has 0 heterocycles. The number of carbonyl (C=O) groups is 2. The number of hydrogen-bond acceptors (Lipinski definition) is 7. The number of nitrogens with zero attached hydrogens (tertiary/aromatic N) is 1. The van der Waals surface area contributed by atoms with Crippen LogP contribution in [0.5, 0.6) is 0 Å².